The standard InChI is InChI=1S/C25H27NO5S.ClH/c1-2-32(30,31)24-16-21(12-13-22(24)25(28)29)19-10-8-18(9-11-19)14-15-26-17-23(27)20-6-4-3-5-7-20;/h3-13,16,23,26-27H,2,14-15,17H2,1H3,(H,28,29);1H/t23-;/m0./s1. The molecular formula is C25H28ClNO5S. The van der Waals surface area contributed by atoms with Gasteiger partial charge in [-0.15, -0.1) is 12.4 Å². The molecular weight excluding hydrogens is 462 g/mol. The van der Waals surface area contributed by atoms with E-state index in [4.69, 9.17) is 0 Å². The first kappa shape index (κ1) is 26.5. The van der Waals surface area contributed by atoms with E-state index in [0.29, 0.717) is 18.7 Å². The molecule has 0 radical (unpaired) electrons. The van der Waals surface area contributed by atoms with Gasteiger partial charge in [0.05, 0.1) is 22.3 Å². The van der Waals surface area contributed by atoms with Gasteiger partial charge in [0.1, 0.15) is 0 Å². The molecule has 0 aliphatic heterocycles. The lowest BCUT2D eigenvalue weighted by atomic mass is 10.0. The fourth-order valence-corrected chi connectivity index (χ4v) is 4.53. The molecule has 6 nitrogen and oxygen atoms in total. The molecule has 3 aromatic carbocycles. The molecule has 176 valence electrons. The minimum atomic E-state index is -3.66. The predicted molar refractivity (Wildman–Crippen MR) is 132 cm³/mol. The zero-order valence-electron chi connectivity index (χ0n) is 18.3. The number of sulfone groups is 1. The van der Waals surface area contributed by atoms with Gasteiger partial charge < -0.3 is 15.5 Å². The highest BCUT2D eigenvalue weighted by atomic mass is 35.5. The smallest absolute Gasteiger partial charge is 0.337 e. The number of aliphatic hydroxyl groups is 1. The third-order valence-electron chi connectivity index (χ3n) is 5.33. The van der Waals surface area contributed by atoms with Crippen molar-refractivity contribution < 1.29 is 23.4 Å². The van der Waals surface area contributed by atoms with Crippen molar-refractivity contribution in [3.8, 4) is 11.1 Å². The van der Waals surface area contributed by atoms with Crippen LogP contribution in [0.5, 0.6) is 0 Å². The Bertz CT molecular complexity index is 1170. The van der Waals surface area contributed by atoms with Gasteiger partial charge in [0.15, 0.2) is 9.84 Å². The number of aliphatic hydroxyl groups excluding tert-OH is 1. The summed E-state index contributed by atoms with van der Waals surface area (Å²) in [6, 6.07) is 21.6. The summed E-state index contributed by atoms with van der Waals surface area (Å²) >= 11 is 0. The van der Waals surface area contributed by atoms with Crippen molar-refractivity contribution in [1.82, 2.24) is 5.32 Å². The Kier molecular flexibility index (Phi) is 9.61. The van der Waals surface area contributed by atoms with Crippen LogP contribution in [0.4, 0.5) is 0 Å². The molecule has 0 aliphatic carbocycles. The van der Waals surface area contributed by atoms with Gasteiger partial charge in [0.25, 0.3) is 0 Å². The summed E-state index contributed by atoms with van der Waals surface area (Å²) in [5.41, 5.74) is 3.22. The molecule has 0 bridgehead atoms. The average Bonchev–Trinajstić information content (AvgIpc) is 2.82. The minimum Gasteiger partial charge on any atom is -0.478 e. The van der Waals surface area contributed by atoms with E-state index in [9.17, 15) is 23.4 Å². The van der Waals surface area contributed by atoms with Crippen molar-refractivity contribution in [1.29, 1.82) is 0 Å². The third-order valence-corrected chi connectivity index (χ3v) is 7.09. The summed E-state index contributed by atoms with van der Waals surface area (Å²) in [5.74, 6) is -1.43. The Morgan fingerprint density at radius 1 is 0.970 bits per heavy atom. The second-order valence-corrected chi connectivity index (χ2v) is 9.74. The van der Waals surface area contributed by atoms with Crippen molar-refractivity contribution in [2.24, 2.45) is 0 Å². The molecule has 33 heavy (non-hydrogen) atoms. The van der Waals surface area contributed by atoms with Gasteiger partial charge >= 0.3 is 5.97 Å². The van der Waals surface area contributed by atoms with Crippen LogP contribution in [0.25, 0.3) is 11.1 Å². The van der Waals surface area contributed by atoms with Gasteiger partial charge in [-0.05, 0) is 47.4 Å². The lowest BCUT2D eigenvalue weighted by Gasteiger charge is -2.12. The fraction of sp³-hybridized carbons (Fsp3) is 0.240. The van der Waals surface area contributed by atoms with E-state index in [0.717, 1.165) is 23.1 Å². The van der Waals surface area contributed by atoms with E-state index in [1.165, 1.54) is 19.1 Å². The second-order valence-electron chi connectivity index (χ2n) is 7.50. The molecule has 0 amide bonds. The molecule has 0 heterocycles. The highest BCUT2D eigenvalue weighted by molar-refractivity contribution is 7.91. The number of carbonyl (C=O) groups is 1. The number of carboxylic acids is 1. The number of rotatable bonds is 10. The maximum atomic E-state index is 12.4. The van der Waals surface area contributed by atoms with Gasteiger partial charge in [-0.2, -0.15) is 0 Å². The normalized spacial score (nSPS) is 12.1. The van der Waals surface area contributed by atoms with E-state index < -0.39 is 21.9 Å². The Labute approximate surface area is 200 Å². The number of carboxylic acid groups (broad SMARTS) is 1. The zero-order chi connectivity index (χ0) is 23.1. The Balaban J connectivity index is 0.00000385. The summed E-state index contributed by atoms with van der Waals surface area (Å²) in [7, 11) is -3.66. The van der Waals surface area contributed by atoms with Crippen molar-refractivity contribution in [3.63, 3.8) is 0 Å². The first-order chi connectivity index (χ1) is 15.3. The lowest BCUT2D eigenvalue weighted by molar-refractivity contribution is 0.0692. The van der Waals surface area contributed by atoms with Crippen molar-refractivity contribution in [3.05, 3.63) is 89.5 Å². The molecule has 0 spiro atoms. The van der Waals surface area contributed by atoms with Gasteiger partial charge in [-0.25, -0.2) is 13.2 Å². The first-order valence-corrected chi connectivity index (χ1v) is 12.1. The zero-order valence-corrected chi connectivity index (χ0v) is 19.9. The maximum Gasteiger partial charge on any atom is 0.337 e. The van der Waals surface area contributed by atoms with Crippen LogP contribution in [0.3, 0.4) is 0 Å². The van der Waals surface area contributed by atoms with Crippen molar-refractivity contribution in [2.45, 2.75) is 24.3 Å². The monoisotopic (exact) mass is 489 g/mol. The molecule has 0 aromatic heterocycles. The van der Waals surface area contributed by atoms with Gasteiger partial charge in [-0.3, -0.25) is 0 Å². The highest BCUT2D eigenvalue weighted by Gasteiger charge is 2.21. The number of halogens is 1. The maximum absolute atomic E-state index is 12.4. The quantitative estimate of drug-likeness (QED) is 0.370. The molecule has 0 fully saturated rings. The van der Waals surface area contributed by atoms with E-state index in [1.807, 2.05) is 54.6 Å². The van der Waals surface area contributed by atoms with Crippen LogP contribution in [0.1, 0.15) is 34.5 Å². The first-order valence-electron chi connectivity index (χ1n) is 10.4. The number of nitrogens with one attached hydrogen (secondary N) is 1. The van der Waals surface area contributed by atoms with Crippen LogP contribution < -0.4 is 5.32 Å². The minimum absolute atomic E-state index is 0. The van der Waals surface area contributed by atoms with Crippen molar-refractivity contribution >= 4 is 28.2 Å². The average molecular weight is 490 g/mol. The lowest BCUT2D eigenvalue weighted by Crippen LogP contribution is -2.23. The summed E-state index contributed by atoms with van der Waals surface area (Å²) < 4.78 is 24.7. The largest absolute Gasteiger partial charge is 0.478 e. The molecule has 3 N–H and O–H groups in total. The third kappa shape index (κ3) is 6.88. The van der Waals surface area contributed by atoms with Crippen LogP contribution in [0, 0.1) is 0 Å². The van der Waals surface area contributed by atoms with Crippen LogP contribution >= 0.6 is 12.4 Å². The molecule has 3 aromatic rings. The predicted octanol–water partition coefficient (Wildman–Crippen LogP) is 4.13. The molecule has 8 heteroatoms. The van der Waals surface area contributed by atoms with E-state index in [-0.39, 0.29) is 28.6 Å². The molecule has 0 unspecified atom stereocenters. The summed E-state index contributed by atoms with van der Waals surface area (Å²) in [4.78, 5) is 11.3. The van der Waals surface area contributed by atoms with Crippen LogP contribution in [-0.4, -0.2) is 43.4 Å². The second kappa shape index (κ2) is 12.0. The van der Waals surface area contributed by atoms with E-state index in [1.54, 1.807) is 6.07 Å². The highest BCUT2D eigenvalue weighted by Crippen LogP contribution is 2.27. The van der Waals surface area contributed by atoms with E-state index in [2.05, 4.69) is 5.32 Å². The van der Waals surface area contributed by atoms with Crippen LogP contribution in [-0.2, 0) is 16.3 Å². The molecule has 0 aliphatic rings. The van der Waals surface area contributed by atoms with Gasteiger partial charge in [0, 0.05) is 6.54 Å². The molecule has 0 saturated heterocycles. The number of benzene rings is 3. The fourth-order valence-electron chi connectivity index (χ4n) is 3.42. The Morgan fingerprint density at radius 3 is 2.21 bits per heavy atom. The Morgan fingerprint density at radius 2 is 1.61 bits per heavy atom. The molecule has 3 rings (SSSR count). The van der Waals surface area contributed by atoms with E-state index >= 15 is 0 Å². The molecule has 0 saturated carbocycles. The molecule has 1 atom stereocenters. The van der Waals surface area contributed by atoms with Crippen molar-refractivity contribution in [2.75, 3.05) is 18.8 Å². The number of hydrogen-bond acceptors (Lipinski definition) is 5. The van der Waals surface area contributed by atoms with Gasteiger partial charge in [0.2, 0.25) is 0 Å². The summed E-state index contributed by atoms with van der Waals surface area (Å²) in [5, 5.41) is 22.8. The number of hydrogen-bond donors (Lipinski definition) is 3. The van der Waals surface area contributed by atoms with Crippen LogP contribution in [0.2, 0.25) is 0 Å². The van der Waals surface area contributed by atoms with Gasteiger partial charge in [-0.1, -0.05) is 67.6 Å². The van der Waals surface area contributed by atoms with Crippen LogP contribution in [0.15, 0.2) is 77.7 Å². The summed E-state index contributed by atoms with van der Waals surface area (Å²) in [6.07, 6.45) is 0.218. The number of aromatic carboxylic acids is 1. The SMILES string of the molecule is CCS(=O)(=O)c1cc(-c2ccc(CCNC[C@H](O)c3ccccc3)cc2)ccc1C(=O)O.Cl. The summed E-state index contributed by atoms with van der Waals surface area (Å²) in [6.45, 7) is 2.66. The topological polar surface area (TPSA) is 104 Å². The Hall–Kier alpha value is -2.71.